The highest BCUT2D eigenvalue weighted by Crippen LogP contribution is 2.26. The number of fused-ring (bicyclic) bond motifs is 1. The Kier molecular flexibility index (Phi) is 3.75. The fourth-order valence-corrected chi connectivity index (χ4v) is 3.28. The third-order valence-electron chi connectivity index (χ3n) is 3.42. The smallest absolute Gasteiger partial charge is 0.229 e. The number of carbonyl (C=O) groups excluding carboxylic acids is 2. The van der Waals surface area contributed by atoms with Crippen LogP contribution in [0.3, 0.4) is 0 Å². The van der Waals surface area contributed by atoms with Gasteiger partial charge < -0.3 is 10.6 Å². The minimum Gasteiger partial charge on any atom is -0.326 e. The summed E-state index contributed by atoms with van der Waals surface area (Å²) in [7, 11) is 0. The topological polar surface area (TPSA) is 58.2 Å². The third kappa shape index (κ3) is 3.31. The lowest BCUT2D eigenvalue weighted by molar-refractivity contribution is -0.116. The van der Waals surface area contributed by atoms with E-state index in [4.69, 9.17) is 0 Å². The zero-order chi connectivity index (χ0) is 14.8. The van der Waals surface area contributed by atoms with Gasteiger partial charge in [0, 0.05) is 27.5 Å². The molecule has 0 fully saturated rings. The highest BCUT2D eigenvalue weighted by molar-refractivity contribution is 7.12. The largest absolute Gasteiger partial charge is 0.326 e. The van der Waals surface area contributed by atoms with Gasteiger partial charge in [-0.1, -0.05) is 6.07 Å². The summed E-state index contributed by atoms with van der Waals surface area (Å²) in [4.78, 5) is 25.7. The molecule has 21 heavy (non-hydrogen) atoms. The standard InChI is InChI=1S/C16H16N2O2S/c1-10-2-6-13(21-10)9-16(20)17-12-5-3-11-4-7-15(19)18-14(11)8-12/h2-3,5-6,8H,4,7,9H2,1H3,(H,17,20)(H,18,19). The van der Waals surface area contributed by atoms with Gasteiger partial charge in [-0.3, -0.25) is 9.59 Å². The molecule has 0 unspecified atom stereocenters. The highest BCUT2D eigenvalue weighted by Gasteiger charge is 2.15. The maximum atomic E-state index is 12.0. The van der Waals surface area contributed by atoms with Crippen molar-refractivity contribution < 1.29 is 9.59 Å². The summed E-state index contributed by atoms with van der Waals surface area (Å²) < 4.78 is 0. The van der Waals surface area contributed by atoms with E-state index in [9.17, 15) is 9.59 Å². The number of nitrogens with one attached hydrogen (secondary N) is 2. The fraction of sp³-hybridized carbons (Fsp3) is 0.250. The number of hydrogen-bond acceptors (Lipinski definition) is 3. The van der Waals surface area contributed by atoms with E-state index in [1.54, 1.807) is 11.3 Å². The van der Waals surface area contributed by atoms with E-state index in [0.29, 0.717) is 18.5 Å². The van der Waals surface area contributed by atoms with Gasteiger partial charge in [0.25, 0.3) is 0 Å². The maximum absolute atomic E-state index is 12.0. The molecule has 1 aliphatic heterocycles. The van der Waals surface area contributed by atoms with Crippen molar-refractivity contribution in [2.75, 3.05) is 10.6 Å². The van der Waals surface area contributed by atoms with Crippen molar-refractivity contribution >= 4 is 34.5 Å². The van der Waals surface area contributed by atoms with Crippen molar-refractivity contribution in [3.63, 3.8) is 0 Å². The number of hydrogen-bond donors (Lipinski definition) is 2. The molecule has 1 aliphatic rings. The number of benzene rings is 1. The van der Waals surface area contributed by atoms with Crippen LogP contribution in [0.15, 0.2) is 30.3 Å². The Labute approximate surface area is 127 Å². The lowest BCUT2D eigenvalue weighted by Gasteiger charge is -2.17. The van der Waals surface area contributed by atoms with Gasteiger partial charge in [-0.05, 0) is 43.2 Å². The second kappa shape index (κ2) is 5.69. The zero-order valence-corrected chi connectivity index (χ0v) is 12.5. The molecule has 0 spiro atoms. The molecule has 0 saturated heterocycles. The number of thiophene rings is 1. The predicted molar refractivity (Wildman–Crippen MR) is 84.8 cm³/mol. The van der Waals surface area contributed by atoms with E-state index in [2.05, 4.69) is 10.6 Å². The maximum Gasteiger partial charge on any atom is 0.229 e. The SMILES string of the molecule is Cc1ccc(CC(=O)Nc2ccc3c(c2)NC(=O)CC3)s1. The molecule has 3 rings (SSSR count). The summed E-state index contributed by atoms with van der Waals surface area (Å²) in [5, 5.41) is 5.72. The number of aryl methyl sites for hydroxylation is 2. The van der Waals surface area contributed by atoms with E-state index < -0.39 is 0 Å². The highest BCUT2D eigenvalue weighted by atomic mass is 32.1. The van der Waals surface area contributed by atoms with E-state index in [0.717, 1.165) is 22.5 Å². The Balaban J connectivity index is 1.68. The molecule has 0 bridgehead atoms. The molecule has 5 heteroatoms. The van der Waals surface area contributed by atoms with E-state index in [1.165, 1.54) is 4.88 Å². The molecule has 0 radical (unpaired) electrons. The molecule has 2 aromatic rings. The van der Waals surface area contributed by atoms with Gasteiger partial charge in [0.05, 0.1) is 6.42 Å². The van der Waals surface area contributed by atoms with Gasteiger partial charge in [-0.15, -0.1) is 11.3 Å². The van der Waals surface area contributed by atoms with Crippen LogP contribution in [0.5, 0.6) is 0 Å². The van der Waals surface area contributed by atoms with Crippen LogP contribution in [0.1, 0.15) is 21.7 Å². The molecule has 2 heterocycles. The van der Waals surface area contributed by atoms with Gasteiger partial charge in [0.15, 0.2) is 0 Å². The first-order valence-corrected chi connectivity index (χ1v) is 7.70. The Bertz CT molecular complexity index is 706. The van der Waals surface area contributed by atoms with Crippen molar-refractivity contribution in [3.05, 3.63) is 45.6 Å². The lowest BCUT2D eigenvalue weighted by atomic mass is 10.0. The normalized spacial score (nSPS) is 13.5. The molecule has 108 valence electrons. The Morgan fingerprint density at radius 3 is 2.90 bits per heavy atom. The average molecular weight is 300 g/mol. The van der Waals surface area contributed by atoms with E-state index >= 15 is 0 Å². The van der Waals surface area contributed by atoms with Crippen molar-refractivity contribution in [1.82, 2.24) is 0 Å². The molecule has 0 aliphatic carbocycles. The predicted octanol–water partition coefficient (Wildman–Crippen LogP) is 3.12. The van der Waals surface area contributed by atoms with Crippen LogP contribution in [0.2, 0.25) is 0 Å². The minimum atomic E-state index is -0.0427. The Hall–Kier alpha value is -2.14. The van der Waals surface area contributed by atoms with Gasteiger partial charge in [-0.2, -0.15) is 0 Å². The molecule has 0 atom stereocenters. The fourth-order valence-electron chi connectivity index (χ4n) is 2.39. The van der Waals surface area contributed by atoms with Crippen LogP contribution in [-0.2, 0) is 22.4 Å². The molecule has 2 amide bonds. The second-order valence-corrected chi connectivity index (χ2v) is 6.53. The van der Waals surface area contributed by atoms with Gasteiger partial charge in [-0.25, -0.2) is 0 Å². The molecule has 2 N–H and O–H groups in total. The summed E-state index contributed by atoms with van der Waals surface area (Å²) in [6, 6.07) is 9.66. The lowest BCUT2D eigenvalue weighted by Crippen LogP contribution is -2.19. The molecule has 4 nitrogen and oxygen atoms in total. The number of carbonyl (C=O) groups is 2. The third-order valence-corrected chi connectivity index (χ3v) is 4.42. The summed E-state index contributed by atoms with van der Waals surface area (Å²) in [6.45, 7) is 2.03. The summed E-state index contributed by atoms with van der Waals surface area (Å²) in [5.74, 6) is -0.0148. The van der Waals surface area contributed by atoms with Gasteiger partial charge >= 0.3 is 0 Å². The monoisotopic (exact) mass is 300 g/mol. The van der Waals surface area contributed by atoms with Crippen molar-refractivity contribution in [2.45, 2.75) is 26.2 Å². The minimum absolute atomic E-state index is 0.0278. The van der Waals surface area contributed by atoms with Crippen molar-refractivity contribution in [2.24, 2.45) is 0 Å². The average Bonchev–Trinajstić information content (AvgIpc) is 2.83. The van der Waals surface area contributed by atoms with E-state index in [1.807, 2.05) is 37.3 Å². The molecule has 1 aromatic carbocycles. The number of anilines is 2. The zero-order valence-electron chi connectivity index (χ0n) is 11.7. The Morgan fingerprint density at radius 1 is 1.29 bits per heavy atom. The molecular formula is C16H16N2O2S. The Morgan fingerprint density at radius 2 is 2.14 bits per heavy atom. The quantitative estimate of drug-likeness (QED) is 0.915. The number of rotatable bonds is 3. The first-order chi connectivity index (χ1) is 10.1. The van der Waals surface area contributed by atoms with Crippen molar-refractivity contribution in [3.8, 4) is 0 Å². The van der Waals surface area contributed by atoms with E-state index in [-0.39, 0.29) is 11.8 Å². The van der Waals surface area contributed by atoms with Crippen LogP contribution in [0.4, 0.5) is 11.4 Å². The van der Waals surface area contributed by atoms with Crippen molar-refractivity contribution in [1.29, 1.82) is 0 Å². The molecule has 1 aromatic heterocycles. The first kappa shape index (κ1) is 13.8. The van der Waals surface area contributed by atoms with Crippen LogP contribution in [0.25, 0.3) is 0 Å². The molecule has 0 saturated carbocycles. The first-order valence-electron chi connectivity index (χ1n) is 6.88. The summed E-state index contributed by atoms with van der Waals surface area (Å²) in [6.07, 6.45) is 1.66. The van der Waals surface area contributed by atoms with Gasteiger partial charge in [0.1, 0.15) is 0 Å². The summed E-state index contributed by atoms with van der Waals surface area (Å²) in [5.41, 5.74) is 2.63. The van der Waals surface area contributed by atoms with Crippen LogP contribution in [-0.4, -0.2) is 11.8 Å². The molecular weight excluding hydrogens is 284 g/mol. The van der Waals surface area contributed by atoms with Crippen LogP contribution < -0.4 is 10.6 Å². The van der Waals surface area contributed by atoms with Gasteiger partial charge in [0.2, 0.25) is 11.8 Å². The number of amides is 2. The van der Waals surface area contributed by atoms with Crippen LogP contribution in [0, 0.1) is 6.92 Å². The summed E-state index contributed by atoms with van der Waals surface area (Å²) >= 11 is 1.63. The second-order valence-electron chi connectivity index (χ2n) is 5.16. The van der Waals surface area contributed by atoms with Crippen LogP contribution >= 0.6 is 11.3 Å².